The van der Waals surface area contributed by atoms with Crippen molar-refractivity contribution in [1.29, 1.82) is 0 Å². The molecule has 3 atom stereocenters. The molecule has 1 aliphatic heterocycles. The molecule has 1 aliphatic carbocycles. The summed E-state index contributed by atoms with van der Waals surface area (Å²) in [4.78, 5) is 16.5. The summed E-state index contributed by atoms with van der Waals surface area (Å²) < 4.78 is 7.79. The van der Waals surface area contributed by atoms with Crippen LogP contribution in [0.1, 0.15) is 48.6 Å². The fraction of sp³-hybridized carbons (Fsp3) is 0.455. The molecule has 0 spiro atoms. The number of amides is 1. The number of rotatable bonds is 6. The second kappa shape index (κ2) is 8.71. The third-order valence-electron chi connectivity index (χ3n) is 6.37. The minimum atomic E-state index is -0.693. The molecule has 10 heteroatoms. The Morgan fingerprint density at radius 2 is 2.03 bits per heavy atom. The first-order valence-electron chi connectivity index (χ1n) is 11.1. The van der Waals surface area contributed by atoms with Gasteiger partial charge in [-0.15, -0.1) is 10.2 Å². The minimum absolute atomic E-state index is 0.0101. The van der Waals surface area contributed by atoms with Gasteiger partial charge in [0.15, 0.2) is 11.5 Å². The highest BCUT2D eigenvalue weighted by Gasteiger charge is 2.24. The highest BCUT2D eigenvalue weighted by atomic mass is 16.5. The lowest BCUT2D eigenvalue weighted by atomic mass is 9.91. The van der Waals surface area contributed by atoms with E-state index in [1.165, 1.54) is 0 Å². The molecule has 3 aromatic rings. The molecule has 0 unspecified atom stereocenters. The number of aromatic nitrogens is 4. The average Bonchev–Trinajstić information content (AvgIpc) is 3.45. The van der Waals surface area contributed by atoms with Crippen LogP contribution in [0.25, 0.3) is 10.9 Å². The number of benzene rings is 1. The maximum Gasteiger partial charge on any atom is 0.273 e. The van der Waals surface area contributed by atoms with E-state index in [4.69, 9.17) is 16.2 Å². The number of fused-ring (bicyclic) bond motifs is 1. The summed E-state index contributed by atoms with van der Waals surface area (Å²) in [5.74, 6) is -0.0993. The van der Waals surface area contributed by atoms with Crippen molar-refractivity contribution in [2.75, 3.05) is 23.8 Å². The Morgan fingerprint density at radius 1 is 1.16 bits per heavy atom. The Labute approximate surface area is 185 Å². The smallest absolute Gasteiger partial charge is 0.273 e. The lowest BCUT2D eigenvalue weighted by molar-refractivity contribution is 0.0995. The van der Waals surface area contributed by atoms with Crippen LogP contribution < -0.4 is 22.1 Å². The van der Waals surface area contributed by atoms with Crippen LogP contribution in [-0.2, 0) is 4.74 Å². The molecule has 3 heterocycles. The van der Waals surface area contributed by atoms with Gasteiger partial charge in [0.1, 0.15) is 0 Å². The third kappa shape index (κ3) is 3.98. The van der Waals surface area contributed by atoms with Crippen molar-refractivity contribution in [3.63, 3.8) is 0 Å². The standard InChI is InChI=1S/C22H28N8O2/c23-15-4-1-2-5-17(15)26-22-27-21(19(20(24)31)28-29-22)25-16-6-3-7-18-14(16)8-10-30(18)13-9-11-32-12-13/h3,6-8,10,13,15,17H,1-2,4-5,9,11-12,23H2,(H2,24,31)(H2,25,26,27,29)/t13-,15+,17-/m1/s1. The van der Waals surface area contributed by atoms with Gasteiger partial charge < -0.3 is 31.4 Å². The van der Waals surface area contributed by atoms with Crippen LogP contribution in [0.5, 0.6) is 0 Å². The maximum atomic E-state index is 12.0. The SMILES string of the molecule is NC(=O)c1nnc(N[C@@H]2CCCC[C@@H]2N)nc1Nc1cccc2c1ccn2[C@@H]1CCOC1. The van der Waals surface area contributed by atoms with Crippen LogP contribution in [0.2, 0.25) is 0 Å². The normalized spacial score (nSPS) is 23.3. The molecule has 6 N–H and O–H groups in total. The number of nitrogens with one attached hydrogen (secondary N) is 2. The first-order valence-corrected chi connectivity index (χ1v) is 11.1. The molecule has 1 saturated carbocycles. The third-order valence-corrected chi connectivity index (χ3v) is 6.37. The van der Waals surface area contributed by atoms with Gasteiger partial charge in [0.05, 0.1) is 18.2 Å². The van der Waals surface area contributed by atoms with Crippen molar-refractivity contribution in [1.82, 2.24) is 19.7 Å². The zero-order chi connectivity index (χ0) is 22.1. The number of anilines is 3. The molecule has 1 saturated heterocycles. The van der Waals surface area contributed by atoms with Crippen molar-refractivity contribution >= 4 is 34.3 Å². The average molecular weight is 437 g/mol. The van der Waals surface area contributed by atoms with Crippen molar-refractivity contribution in [2.24, 2.45) is 11.5 Å². The van der Waals surface area contributed by atoms with Gasteiger partial charge >= 0.3 is 0 Å². The van der Waals surface area contributed by atoms with E-state index in [9.17, 15) is 4.79 Å². The number of nitrogens with zero attached hydrogens (tertiary/aromatic N) is 4. The molecule has 10 nitrogen and oxygen atoms in total. The maximum absolute atomic E-state index is 12.0. The first kappa shape index (κ1) is 20.7. The zero-order valence-corrected chi connectivity index (χ0v) is 17.8. The van der Waals surface area contributed by atoms with Gasteiger partial charge in [-0.1, -0.05) is 18.9 Å². The molecule has 0 bridgehead atoms. The van der Waals surface area contributed by atoms with Gasteiger partial charge in [0, 0.05) is 36.0 Å². The summed E-state index contributed by atoms with van der Waals surface area (Å²) in [5, 5.41) is 15.7. The molecular weight excluding hydrogens is 408 g/mol. The molecule has 2 aliphatic rings. The number of nitrogens with two attached hydrogens (primary N) is 2. The Hall–Kier alpha value is -3.24. The topological polar surface area (TPSA) is 146 Å². The Kier molecular flexibility index (Phi) is 5.62. The molecule has 2 aromatic heterocycles. The molecule has 0 radical (unpaired) electrons. The van der Waals surface area contributed by atoms with E-state index in [0.29, 0.717) is 18.6 Å². The predicted molar refractivity (Wildman–Crippen MR) is 122 cm³/mol. The van der Waals surface area contributed by atoms with E-state index in [2.05, 4.69) is 48.7 Å². The highest BCUT2D eigenvalue weighted by molar-refractivity contribution is 5.99. The second-order valence-electron chi connectivity index (χ2n) is 8.50. The van der Waals surface area contributed by atoms with Crippen LogP contribution in [0.4, 0.5) is 17.5 Å². The molecule has 5 rings (SSSR count). The summed E-state index contributed by atoms with van der Waals surface area (Å²) in [6.07, 6.45) is 7.20. The Balaban J connectivity index is 1.46. The largest absolute Gasteiger partial charge is 0.379 e. The van der Waals surface area contributed by atoms with Crippen LogP contribution in [0.3, 0.4) is 0 Å². The van der Waals surface area contributed by atoms with Crippen molar-refractivity contribution < 1.29 is 9.53 Å². The van der Waals surface area contributed by atoms with E-state index < -0.39 is 5.91 Å². The lowest BCUT2D eigenvalue weighted by Gasteiger charge is -2.29. The Bertz CT molecular complexity index is 1120. The van der Waals surface area contributed by atoms with Crippen molar-refractivity contribution in [3.05, 3.63) is 36.2 Å². The summed E-state index contributed by atoms with van der Waals surface area (Å²) in [6, 6.07) is 8.46. The highest BCUT2D eigenvalue weighted by Crippen LogP contribution is 2.32. The van der Waals surface area contributed by atoms with Crippen molar-refractivity contribution in [2.45, 2.75) is 50.2 Å². The molecule has 1 amide bonds. The first-order chi connectivity index (χ1) is 15.6. The van der Waals surface area contributed by atoms with Gasteiger partial charge in [-0.25, -0.2) is 0 Å². The van der Waals surface area contributed by atoms with E-state index in [-0.39, 0.29) is 23.6 Å². The minimum Gasteiger partial charge on any atom is -0.379 e. The monoisotopic (exact) mass is 436 g/mol. The Morgan fingerprint density at radius 3 is 2.81 bits per heavy atom. The second-order valence-corrected chi connectivity index (χ2v) is 8.50. The van der Waals surface area contributed by atoms with Crippen LogP contribution >= 0.6 is 0 Å². The lowest BCUT2D eigenvalue weighted by Crippen LogP contribution is -2.43. The quantitative estimate of drug-likeness (QED) is 0.460. The van der Waals surface area contributed by atoms with Gasteiger partial charge in [0.25, 0.3) is 5.91 Å². The summed E-state index contributed by atoms with van der Waals surface area (Å²) >= 11 is 0. The van der Waals surface area contributed by atoms with E-state index in [1.807, 2.05) is 12.1 Å². The molecular formula is C22H28N8O2. The van der Waals surface area contributed by atoms with E-state index in [0.717, 1.165) is 55.3 Å². The number of ether oxygens (including phenoxy) is 1. The van der Waals surface area contributed by atoms with Crippen molar-refractivity contribution in [3.8, 4) is 0 Å². The van der Waals surface area contributed by atoms with Gasteiger partial charge in [-0.3, -0.25) is 4.79 Å². The molecule has 2 fully saturated rings. The molecule has 168 valence electrons. The van der Waals surface area contributed by atoms with Crippen LogP contribution in [0.15, 0.2) is 30.5 Å². The number of primary amides is 1. The fourth-order valence-corrected chi connectivity index (χ4v) is 4.63. The zero-order valence-electron chi connectivity index (χ0n) is 17.8. The molecule has 1 aromatic carbocycles. The fourth-order valence-electron chi connectivity index (χ4n) is 4.63. The number of carbonyl (C=O) groups is 1. The summed E-state index contributed by atoms with van der Waals surface area (Å²) in [5.41, 5.74) is 13.7. The van der Waals surface area contributed by atoms with Crippen LogP contribution in [-0.4, -0.2) is 51.0 Å². The molecule has 32 heavy (non-hydrogen) atoms. The van der Waals surface area contributed by atoms with Gasteiger partial charge in [0.2, 0.25) is 5.95 Å². The number of hydrogen-bond donors (Lipinski definition) is 4. The van der Waals surface area contributed by atoms with E-state index >= 15 is 0 Å². The summed E-state index contributed by atoms with van der Waals surface area (Å²) in [7, 11) is 0. The van der Waals surface area contributed by atoms with Gasteiger partial charge in [-0.05, 0) is 37.5 Å². The number of hydrogen-bond acceptors (Lipinski definition) is 8. The van der Waals surface area contributed by atoms with Gasteiger partial charge in [-0.2, -0.15) is 4.98 Å². The number of carbonyl (C=O) groups excluding carboxylic acids is 1. The summed E-state index contributed by atoms with van der Waals surface area (Å²) in [6.45, 7) is 1.48. The van der Waals surface area contributed by atoms with Crippen LogP contribution in [0, 0.1) is 0 Å². The predicted octanol–water partition coefficient (Wildman–Crippen LogP) is 2.31. The van der Waals surface area contributed by atoms with E-state index in [1.54, 1.807) is 0 Å².